The van der Waals surface area contributed by atoms with Crippen LogP contribution in [0.15, 0.2) is 30.3 Å². The Morgan fingerprint density at radius 1 is 1.04 bits per heavy atom. The van der Waals surface area contributed by atoms with Gasteiger partial charge < -0.3 is 14.5 Å². The lowest BCUT2D eigenvalue weighted by molar-refractivity contribution is 0.193. The van der Waals surface area contributed by atoms with Crippen LogP contribution in [0.5, 0.6) is 0 Å². The molecule has 2 saturated heterocycles. The lowest BCUT2D eigenvalue weighted by atomic mass is 10.0. The van der Waals surface area contributed by atoms with Crippen LogP contribution in [0.2, 0.25) is 0 Å². The smallest absolute Gasteiger partial charge is 0.132 e. The van der Waals surface area contributed by atoms with Gasteiger partial charge in [-0.25, -0.2) is 14.4 Å². The fourth-order valence-corrected chi connectivity index (χ4v) is 3.77. The highest BCUT2D eigenvalue weighted by molar-refractivity contribution is 5.48. The van der Waals surface area contributed by atoms with E-state index in [0.29, 0.717) is 5.92 Å². The van der Waals surface area contributed by atoms with E-state index in [2.05, 4.69) is 25.8 Å². The summed E-state index contributed by atoms with van der Waals surface area (Å²) in [5, 5.41) is 0. The van der Waals surface area contributed by atoms with Gasteiger partial charge in [0.1, 0.15) is 17.5 Å². The zero-order valence-corrected chi connectivity index (χ0v) is 15.2. The van der Waals surface area contributed by atoms with Gasteiger partial charge in [-0.2, -0.15) is 0 Å². The maximum atomic E-state index is 13.2. The van der Waals surface area contributed by atoms with Crippen LogP contribution < -0.4 is 9.80 Å². The second-order valence-electron chi connectivity index (χ2n) is 7.06. The van der Waals surface area contributed by atoms with Crippen molar-refractivity contribution >= 4 is 11.5 Å². The first-order chi connectivity index (χ1) is 12.7. The lowest BCUT2D eigenvalue weighted by Gasteiger charge is -2.25. The fourth-order valence-electron chi connectivity index (χ4n) is 3.77. The van der Waals surface area contributed by atoms with Crippen molar-refractivity contribution in [1.82, 2.24) is 9.97 Å². The molecule has 0 radical (unpaired) electrons. The highest BCUT2D eigenvalue weighted by atomic mass is 19.1. The van der Waals surface area contributed by atoms with Crippen molar-refractivity contribution < 1.29 is 9.13 Å². The van der Waals surface area contributed by atoms with Gasteiger partial charge in [-0.1, -0.05) is 0 Å². The van der Waals surface area contributed by atoms with Crippen molar-refractivity contribution in [3.05, 3.63) is 47.7 Å². The van der Waals surface area contributed by atoms with Crippen LogP contribution in [0.25, 0.3) is 0 Å². The maximum Gasteiger partial charge on any atom is 0.132 e. The number of halogens is 1. The van der Waals surface area contributed by atoms with E-state index in [-0.39, 0.29) is 5.82 Å². The van der Waals surface area contributed by atoms with E-state index >= 15 is 0 Å². The molecule has 138 valence electrons. The van der Waals surface area contributed by atoms with Crippen molar-refractivity contribution in [3.8, 4) is 0 Å². The summed E-state index contributed by atoms with van der Waals surface area (Å²) in [5.74, 6) is 2.03. The van der Waals surface area contributed by atoms with E-state index < -0.39 is 0 Å². The first kappa shape index (κ1) is 17.2. The SMILES string of the molecule is Cc1nc([C@H]2CCOC2)cc(N2CCCN(c3ccc(F)cc3)CC2)n1. The number of nitrogens with zero attached hydrogens (tertiary/aromatic N) is 4. The first-order valence-electron chi connectivity index (χ1n) is 9.38. The summed E-state index contributed by atoms with van der Waals surface area (Å²) < 4.78 is 18.7. The number of hydrogen-bond acceptors (Lipinski definition) is 5. The molecule has 3 heterocycles. The van der Waals surface area contributed by atoms with Crippen LogP contribution in [0.4, 0.5) is 15.9 Å². The van der Waals surface area contributed by atoms with E-state index in [0.717, 1.165) is 75.3 Å². The third kappa shape index (κ3) is 3.80. The Hall–Kier alpha value is -2.21. The third-order valence-corrected chi connectivity index (χ3v) is 5.20. The molecular weight excluding hydrogens is 331 g/mol. The number of ether oxygens (including phenoxy) is 1. The molecule has 1 atom stereocenters. The van der Waals surface area contributed by atoms with Crippen LogP contribution >= 0.6 is 0 Å². The summed E-state index contributed by atoms with van der Waals surface area (Å²) in [5.41, 5.74) is 2.18. The van der Waals surface area contributed by atoms with E-state index in [1.807, 2.05) is 19.1 Å². The van der Waals surface area contributed by atoms with E-state index in [1.54, 1.807) is 0 Å². The van der Waals surface area contributed by atoms with Gasteiger partial charge in [0, 0.05) is 50.5 Å². The van der Waals surface area contributed by atoms with Gasteiger partial charge in [-0.15, -0.1) is 0 Å². The molecule has 0 N–H and O–H groups in total. The van der Waals surface area contributed by atoms with Crippen molar-refractivity contribution in [2.75, 3.05) is 49.2 Å². The van der Waals surface area contributed by atoms with Crippen LogP contribution in [0, 0.1) is 12.7 Å². The summed E-state index contributed by atoms with van der Waals surface area (Å²) in [7, 11) is 0. The standard InChI is InChI=1S/C20H25FN4O/c1-15-22-19(16-7-12-26-14-16)13-20(23-15)25-9-2-8-24(10-11-25)18-5-3-17(21)4-6-18/h3-6,13,16H,2,7-12,14H2,1H3/t16-/m0/s1. The van der Waals surface area contributed by atoms with Gasteiger partial charge in [-0.3, -0.25) is 0 Å². The van der Waals surface area contributed by atoms with Crippen molar-refractivity contribution in [3.63, 3.8) is 0 Å². The fraction of sp³-hybridized carbons (Fsp3) is 0.500. The second kappa shape index (κ2) is 7.58. The predicted octanol–water partition coefficient (Wildman–Crippen LogP) is 3.14. The molecule has 4 rings (SSSR count). The highest BCUT2D eigenvalue weighted by Crippen LogP contribution is 2.27. The summed E-state index contributed by atoms with van der Waals surface area (Å²) in [4.78, 5) is 14.0. The Morgan fingerprint density at radius 3 is 2.58 bits per heavy atom. The molecule has 0 bridgehead atoms. The zero-order valence-electron chi connectivity index (χ0n) is 15.2. The van der Waals surface area contributed by atoms with Gasteiger partial charge in [0.05, 0.1) is 12.3 Å². The molecule has 0 saturated carbocycles. The van der Waals surface area contributed by atoms with Gasteiger partial charge in [-0.05, 0) is 44.0 Å². The average Bonchev–Trinajstić information content (AvgIpc) is 3.07. The molecule has 0 aliphatic carbocycles. The Kier molecular flexibility index (Phi) is 5.02. The molecular formula is C20H25FN4O. The van der Waals surface area contributed by atoms with E-state index in [4.69, 9.17) is 4.74 Å². The van der Waals surface area contributed by atoms with Crippen LogP contribution in [0.1, 0.15) is 30.3 Å². The molecule has 26 heavy (non-hydrogen) atoms. The van der Waals surface area contributed by atoms with E-state index in [1.165, 1.54) is 12.1 Å². The summed E-state index contributed by atoms with van der Waals surface area (Å²) in [6.07, 6.45) is 2.08. The molecule has 5 nitrogen and oxygen atoms in total. The first-order valence-corrected chi connectivity index (χ1v) is 9.38. The van der Waals surface area contributed by atoms with Gasteiger partial charge in [0.2, 0.25) is 0 Å². The quantitative estimate of drug-likeness (QED) is 0.845. The average molecular weight is 356 g/mol. The van der Waals surface area contributed by atoms with Gasteiger partial charge >= 0.3 is 0 Å². The summed E-state index contributed by atoms with van der Waals surface area (Å²) >= 11 is 0. The molecule has 0 spiro atoms. The summed E-state index contributed by atoms with van der Waals surface area (Å²) in [6.45, 7) is 7.27. The topological polar surface area (TPSA) is 41.5 Å². The Balaban J connectivity index is 1.49. The largest absolute Gasteiger partial charge is 0.381 e. The van der Waals surface area contributed by atoms with Crippen molar-refractivity contribution in [2.24, 2.45) is 0 Å². The maximum absolute atomic E-state index is 13.2. The number of aryl methyl sites for hydroxylation is 1. The molecule has 0 amide bonds. The van der Waals surface area contributed by atoms with Crippen LogP contribution in [-0.4, -0.2) is 49.4 Å². The van der Waals surface area contributed by atoms with Crippen LogP contribution in [0.3, 0.4) is 0 Å². The minimum atomic E-state index is -0.190. The van der Waals surface area contributed by atoms with Gasteiger partial charge in [0.25, 0.3) is 0 Å². The number of rotatable bonds is 3. The second-order valence-corrected chi connectivity index (χ2v) is 7.06. The molecule has 6 heteroatoms. The molecule has 1 aromatic heterocycles. The van der Waals surface area contributed by atoms with Crippen molar-refractivity contribution in [1.29, 1.82) is 0 Å². The molecule has 2 fully saturated rings. The highest BCUT2D eigenvalue weighted by Gasteiger charge is 2.22. The monoisotopic (exact) mass is 356 g/mol. The minimum Gasteiger partial charge on any atom is -0.381 e. The Morgan fingerprint density at radius 2 is 1.81 bits per heavy atom. The van der Waals surface area contributed by atoms with Crippen LogP contribution in [-0.2, 0) is 4.74 Å². The minimum absolute atomic E-state index is 0.190. The molecule has 2 aliphatic rings. The van der Waals surface area contributed by atoms with Gasteiger partial charge in [0.15, 0.2) is 0 Å². The number of benzene rings is 1. The van der Waals surface area contributed by atoms with Crippen molar-refractivity contribution in [2.45, 2.75) is 25.7 Å². The molecule has 0 unspecified atom stereocenters. The number of anilines is 2. The molecule has 2 aromatic rings. The number of aromatic nitrogens is 2. The molecule has 2 aliphatic heterocycles. The zero-order chi connectivity index (χ0) is 17.9. The third-order valence-electron chi connectivity index (χ3n) is 5.20. The predicted molar refractivity (Wildman–Crippen MR) is 100 cm³/mol. The van der Waals surface area contributed by atoms with E-state index in [9.17, 15) is 4.39 Å². The lowest BCUT2D eigenvalue weighted by Crippen LogP contribution is -2.31. The Bertz CT molecular complexity index is 746. The summed E-state index contributed by atoms with van der Waals surface area (Å²) in [6, 6.07) is 8.92. The number of hydrogen-bond donors (Lipinski definition) is 0. The molecule has 1 aromatic carbocycles. The Labute approximate surface area is 153 Å². The normalized spacial score (nSPS) is 21.1.